The molecule has 0 saturated carbocycles. The van der Waals surface area contributed by atoms with Crippen LogP contribution in [0.1, 0.15) is 25.3 Å². The standard InChI is InChI=1S/C14H20FNO3/c1-3-19-13-7-6-11(9-12(13)15)10-16-8-4-5-14(17)18-2/h6-7,9,16H,3-5,8,10H2,1-2H3. The highest BCUT2D eigenvalue weighted by Crippen LogP contribution is 2.18. The number of benzene rings is 1. The molecule has 4 nitrogen and oxygen atoms in total. The van der Waals surface area contributed by atoms with Gasteiger partial charge in [0.2, 0.25) is 0 Å². The van der Waals surface area contributed by atoms with E-state index < -0.39 is 0 Å². The van der Waals surface area contributed by atoms with Gasteiger partial charge in [-0.2, -0.15) is 0 Å². The van der Waals surface area contributed by atoms with Crippen molar-refractivity contribution in [3.63, 3.8) is 0 Å². The summed E-state index contributed by atoms with van der Waals surface area (Å²) in [5, 5.41) is 3.14. The molecular weight excluding hydrogens is 249 g/mol. The van der Waals surface area contributed by atoms with Gasteiger partial charge in [0.1, 0.15) is 0 Å². The fourth-order valence-corrected chi connectivity index (χ4v) is 1.62. The molecule has 0 spiro atoms. The van der Waals surface area contributed by atoms with Crippen molar-refractivity contribution in [3.8, 4) is 5.75 Å². The van der Waals surface area contributed by atoms with Crippen LogP contribution in [0, 0.1) is 5.82 Å². The van der Waals surface area contributed by atoms with Crippen LogP contribution in [0.4, 0.5) is 4.39 Å². The lowest BCUT2D eigenvalue weighted by atomic mass is 10.2. The second-order valence-corrected chi connectivity index (χ2v) is 4.05. The Morgan fingerprint density at radius 2 is 2.21 bits per heavy atom. The Labute approximate surface area is 112 Å². The van der Waals surface area contributed by atoms with E-state index in [9.17, 15) is 9.18 Å². The van der Waals surface area contributed by atoms with E-state index in [2.05, 4.69) is 10.1 Å². The van der Waals surface area contributed by atoms with Gasteiger partial charge in [0, 0.05) is 13.0 Å². The summed E-state index contributed by atoms with van der Waals surface area (Å²) in [5.41, 5.74) is 0.846. The third kappa shape index (κ3) is 5.70. The van der Waals surface area contributed by atoms with E-state index in [0.717, 1.165) is 5.56 Å². The van der Waals surface area contributed by atoms with Crippen molar-refractivity contribution in [3.05, 3.63) is 29.6 Å². The summed E-state index contributed by atoms with van der Waals surface area (Å²) in [7, 11) is 1.37. The fraction of sp³-hybridized carbons (Fsp3) is 0.500. The number of nitrogens with one attached hydrogen (secondary N) is 1. The molecule has 1 aromatic rings. The maximum atomic E-state index is 13.6. The van der Waals surface area contributed by atoms with Crippen LogP contribution in [0.15, 0.2) is 18.2 Å². The molecule has 106 valence electrons. The summed E-state index contributed by atoms with van der Waals surface area (Å²) in [4.78, 5) is 10.9. The highest BCUT2D eigenvalue weighted by Gasteiger charge is 2.04. The Hall–Kier alpha value is -1.62. The van der Waals surface area contributed by atoms with Crippen molar-refractivity contribution in [2.24, 2.45) is 0 Å². The Morgan fingerprint density at radius 3 is 2.84 bits per heavy atom. The monoisotopic (exact) mass is 269 g/mol. The molecule has 1 N–H and O–H groups in total. The van der Waals surface area contributed by atoms with Gasteiger partial charge in [-0.05, 0) is 37.6 Å². The van der Waals surface area contributed by atoms with Crippen molar-refractivity contribution >= 4 is 5.97 Å². The van der Waals surface area contributed by atoms with E-state index in [-0.39, 0.29) is 17.5 Å². The van der Waals surface area contributed by atoms with E-state index in [1.54, 1.807) is 6.07 Å². The topological polar surface area (TPSA) is 47.6 Å². The van der Waals surface area contributed by atoms with E-state index in [1.807, 2.05) is 13.0 Å². The second-order valence-electron chi connectivity index (χ2n) is 4.05. The number of hydrogen-bond donors (Lipinski definition) is 1. The van der Waals surface area contributed by atoms with Gasteiger partial charge in [0.25, 0.3) is 0 Å². The molecule has 0 aromatic heterocycles. The predicted octanol–water partition coefficient (Wildman–Crippen LogP) is 2.27. The second kappa shape index (κ2) is 8.48. The number of rotatable bonds is 8. The molecule has 0 atom stereocenters. The number of carbonyl (C=O) groups excluding carboxylic acids is 1. The van der Waals surface area contributed by atoms with Gasteiger partial charge in [-0.15, -0.1) is 0 Å². The first-order valence-electron chi connectivity index (χ1n) is 6.36. The van der Waals surface area contributed by atoms with E-state index >= 15 is 0 Å². The normalized spacial score (nSPS) is 10.3. The zero-order valence-electron chi connectivity index (χ0n) is 11.4. The summed E-state index contributed by atoms with van der Waals surface area (Å²) >= 11 is 0. The molecular formula is C14H20FNO3. The average Bonchev–Trinajstić information content (AvgIpc) is 2.41. The van der Waals surface area contributed by atoms with Crippen molar-refractivity contribution in [1.29, 1.82) is 0 Å². The van der Waals surface area contributed by atoms with Crippen molar-refractivity contribution < 1.29 is 18.7 Å². The maximum Gasteiger partial charge on any atom is 0.305 e. The van der Waals surface area contributed by atoms with E-state index in [0.29, 0.717) is 32.5 Å². The van der Waals surface area contributed by atoms with Gasteiger partial charge in [-0.3, -0.25) is 4.79 Å². The minimum atomic E-state index is -0.351. The van der Waals surface area contributed by atoms with Crippen LogP contribution in [-0.4, -0.2) is 26.2 Å². The first-order chi connectivity index (χ1) is 9.17. The van der Waals surface area contributed by atoms with Gasteiger partial charge in [0.15, 0.2) is 11.6 Å². The fourth-order valence-electron chi connectivity index (χ4n) is 1.62. The van der Waals surface area contributed by atoms with Gasteiger partial charge in [0.05, 0.1) is 13.7 Å². The number of methoxy groups -OCH3 is 1. The number of hydrogen-bond acceptors (Lipinski definition) is 4. The SMILES string of the molecule is CCOc1ccc(CNCCCC(=O)OC)cc1F. The third-order valence-corrected chi connectivity index (χ3v) is 2.59. The zero-order valence-corrected chi connectivity index (χ0v) is 11.4. The van der Waals surface area contributed by atoms with E-state index in [1.165, 1.54) is 13.2 Å². The van der Waals surface area contributed by atoms with Crippen LogP contribution < -0.4 is 10.1 Å². The lowest BCUT2D eigenvalue weighted by Crippen LogP contribution is -2.16. The summed E-state index contributed by atoms with van der Waals surface area (Å²) in [5.74, 6) is -0.290. The Balaban J connectivity index is 2.30. The lowest BCUT2D eigenvalue weighted by Gasteiger charge is -2.08. The van der Waals surface area contributed by atoms with Crippen molar-refractivity contribution in [2.45, 2.75) is 26.3 Å². The van der Waals surface area contributed by atoms with Gasteiger partial charge < -0.3 is 14.8 Å². The first-order valence-corrected chi connectivity index (χ1v) is 6.36. The van der Waals surface area contributed by atoms with Crippen LogP contribution in [0.2, 0.25) is 0 Å². The van der Waals surface area contributed by atoms with Crippen LogP contribution in [-0.2, 0) is 16.1 Å². The zero-order chi connectivity index (χ0) is 14.1. The molecule has 0 unspecified atom stereocenters. The summed E-state index contributed by atoms with van der Waals surface area (Å²) < 4.78 is 23.2. The molecule has 0 aliphatic heterocycles. The Kier molecular flexibility index (Phi) is 6.89. The van der Waals surface area contributed by atoms with Gasteiger partial charge in [-0.25, -0.2) is 4.39 Å². The minimum absolute atomic E-state index is 0.214. The minimum Gasteiger partial charge on any atom is -0.491 e. The quantitative estimate of drug-likeness (QED) is 0.581. The highest BCUT2D eigenvalue weighted by molar-refractivity contribution is 5.69. The average molecular weight is 269 g/mol. The third-order valence-electron chi connectivity index (χ3n) is 2.59. The lowest BCUT2D eigenvalue weighted by molar-refractivity contribution is -0.140. The number of esters is 1. The highest BCUT2D eigenvalue weighted by atomic mass is 19.1. The molecule has 1 aromatic carbocycles. The summed E-state index contributed by atoms with van der Waals surface area (Å²) in [6.07, 6.45) is 1.09. The summed E-state index contributed by atoms with van der Waals surface area (Å²) in [6, 6.07) is 4.91. The van der Waals surface area contributed by atoms with Gasteiger partial charge in [-0.1, -0.05) is 6.07 Å². The van der Waals surface area contributed by atoms with Gasteiger partial charge >= 0.3 is 5.97 Å². The smallest absolute Gasteiger partial charge is 0.305 e. The predicted molar refractivity (Wildman–Crippen MR) is 70.5 cm³/mol. The van der Waals surface area contributed by atoms with Crippen LogP contribution in [0.25, 0.3) is 0 Å². The van der Waals surface area contributed by atoms with Crippen LogP contribution in [0.5, 0.6) is 5.75 Å². The number of ether oxygens (including phenoxy) is 2. The molecule has 0 aliphatic rings. The molecule has 0 amide bonds. The first kappa shape index (κ1) is 15.4. The van der Waals surface area contributed by atoms with Crippen LogP contribution in [0.3, 0.4) is 0 Å². The van der Waals surface area contributed by atoms with Crippen LogP contribution >= 0.6 is 0 Å². The number of halogens is 1. The molecule has 0 bridgehead atoms. The molecule has 0 heterocycles. The molecule has 0 fully saturated rings. The largest absolute Gasteiger partial charge is 0.491 e. The maximum absolute atomic E-state index is 13.6. The molecule has 5 heteroatoms. The summed E-state index contributed by atoms with van der Waals surface area (Å²) in [6.45, 7) is 3.51. The molecule has 0 aliphatic carbocycles. The number of carbonyl (C=O) groups is 1. The van der Waals surface area contributed by atoms with Crippen molar-refractivity contribution in [1.82, 2.24) is 5.32 Å². The Bertz CT molecular complexity index is 410. The van der Waals surface area contributed by atoms with E-state index in [4.69, 9.17) is 4.74 Å². The molecule has 19 heavy (non-hydrogen) atoms. The van der Waals surface area contributed by atoms with Crippen molar-refractivity contribution in [2.75, 3.05) is 20.3 Å². The molecule has 0 radical (unpaired) electrons. The molecule has 1 rings (SSSR count). The Morgan fingerprint density at radius 1 is 1.42 bits per heavy atom. The molecule has 0 saturated heterocycles.